The van der Waals surface area contributed by atoms with Crippen molar-refractivity contribution in [1.29, 1.82) is 0 Å². The summed E-state index contributed by atoms with van der Waals surface area (Å²) in [4.78, 5) is 0. The molecule has 0 amide bonds. The van der Waals surface area contributed by atoms with Crippen LogP contribution >= 0.6 is 11.6 Å². The molecule has 2 aromatic rings. The monoisotopic (exact) mass is 258 g/mol. The van der Waals surface area contributed by atoms with Gasteiger partial charge in [0.05, 0.1) is 6.10 Å². The van der Waals surface area contributed by atoms with E-state index in [9.17, 15) is 5.11 Å². The first-order chi connectivity index (χ1) is 8.75. The van der Waals surface area contributed by atoms with Crippen molar-refractivity contribution in [2.45, 2.75) is 18.4 Å². The molecule has 0 heterocycles. The Hall–Kier alpha value is -1.31. The number of aliphatic hydroxyl groups is 1. The van der Waals surface area contributed by atoms with Gasteiger partial charge in [0, 0.05) is 5.02 Å². The van der Waals surface area contributed by atoms with Gasteiger partial charge in [-0.15, -0.1) is 0 Å². The van der Waals surface area contributed by atoms with Gasteiger partial charge < -0.3 is 5.11 Å². The highest BCUT2D eigenvalue weighted by molar-refractivity contribution is 6.30. The van der Waals surface area contributed by atoms with Crippen molar-refractivity contribution in [3.63, 3.8) is 0 Å². The van der Waals surface area contributed by atoms with Gasteiger partial charge in [-0.05, 0) is 41.5 Å². The van der Waals surface area contributed by atoms with Crippen LogP contribution in [0.2, 0.25) is 5.02 Å². The molecule has 0 aromatic heterocycles. The van der Waals surface area contributed by atoms with Gasteiger partial charge in [-0.1, -0.05) is 54.1 Å². The molecule has 0 radical (unpaired) electrons. The van der Waals surface area contributed by atoms with Crippen molar-refractivity contribution in [1.82, 2.24) is 0 Å². The van der Waals surface area contributed by atoms with Crippen molar-refractivity contribution in [3.05, 3.63) is 70.7 Å². The Morgan fingerprint density at radius 2 is 1.67 bits per heavy atom. The molecule has 1 aliphatic rings. The summed E-state index contributed by atoms with van der Waals surface area (Å²) >= 11 is 5.88. The van der Waals surface area contributed by atoms with E-state index in [-0.39, 0.29) is 6.10 Å². The number of halogens is 1. The zero-order chi connectivity index (χ0) is 12.5. The van der Waals surface area contributed by atoms with E-state index >= 15 is 0 Å². The molecule has 3 unspecified atom stereocenters. The second-order valence-corrected chi connectivity index (χ2v) is 5.35. The third-order valence-electron chi connectivity index (χ3n) is 3.68. The Morgan fingerprint density at radius 1 is 1.00 bits per heavy atom. The molecule has 1 aliphatic carbocycles. The van der Waals surface area contributed by atoms with Crippen LogP contribution in [0.25, 0.3) is 0 Å². The highest BCUT2D eigenvalue weighted by atomic mass is 35.5. The van der Waals surface area contributed by atoms with Gasteiger partial charge in [-0.3, -0.25) is 0 Å². The van der Waals surface area contributed by atoms with Crippen LogP contribution in [0.4, 0.5) is 0 Å². The Morgan fingerprint density at radius 3 is 2.33 bits per heavy atom. The van der Waals surface area contributed by atoms with E-state index in [1.807, 2.05) is 42.5 Å². The van der Waals surface area contributed by atoms with E-state index in [2.05, 4.69) is 12.1 Å². The summed E-state index contributed by atoms with van der Waals surface area (Å²) in [6.45, 7) is 0. The molecule has 2 heteroatoms. The van der Waals surface area contributed by atoms with E-state index in [1.165, 1.54) is 5.56 Å². The van der Waals surface area contributed by atoms with E-state index in [1.54, 1.807) is 0 Å². The zero-order valence-electron chi connectivity index (χ0n) is 9.96. The third kappa shape index (κ3) is 2.29. The van der Waals surface area contributed by atoms with Gasteiger partial charge in [0.1, 0.15) is 0 Å². The van der Waals surface area contributed by atoms with Crippen molar-refractivity contribution in [2.24, 2.45) is 5.92 Å². The van der Waals surface area contributed by atoms with Gasteiger partial charge in [-0.25, -0.2) is 0 Å². The summed E-state index contributed by atoms with van der Waals surface area (Å²) in [6, 6.07) is 17.8. The number of rotatable bonds is 3. The SMILES string of the molecule is OC(c1ccccc1)C1CC1c1ccc(Cl)cc1. The fourth-order valence-electron chi connectivity index (χ4n) is 2.55. The summed E-state index contributed by atoms with van der Waals surface area (Å²) in [5.41, 5.74) is 2.29. The van der Waals surface area contributed by atoms with Crippen molar-refractivity contribution >= 4 is 11.6 Å². The molecule has 1 nitrogen and oxygen atoms in total. The van der Waals surface area contributed by atoms with Crippen LogP contribution < -0.4 is 0 Å². The lowest BCUT2D eigenvalue weighted by Gasteiger charge is -2.10. The quantitative estimate of drug-likeness (QED) is 0.876. The molecule has 1 fully saturated rings. The van der Waals surface area contributed by atoms with Crippen LogP contribution in [0.15, 0.2) is 54.6 Å². The maximum Gasteiger partial charge on any atom is 0.0824 e. The summed E-state index contributed by atoms with van der Waals surface area (Å²) < 4.78 is 0. The average molecular weight is 259 g/mol. The lowest BCUT2D eigenvalue weighted by atomic mass is 10.0. The molecule has 1 N–H and O–H groups in total. The van der Waals surface area contributed by atoms with Gasteiger partial charge >= 0.3 is 0 Å². The predicted molar refractivity (Wildman–Crippen MR) is 73.7 cm³/mol. The predicted octanol–water partition coefficient (Wildman–Crippen LogP) is 4.18. The lowest BCUT2D eigenvalue weighted by Crippen LogP contribution is -2.00. The molecule has 0 aliphatic heterocycles. The first-order valence-corrected chi connectivity index (χ1v) is 6.62. The average Bonchev–Trinajstić information content (AvgIpc) is 3.20. The van der Waals surface area contributed by atoms with Gasteiger partial charge in [0.15, 0.2) is 0 Å². The highest BCUT2D eigenvalue weighted by Gasteiger charge is 2.43. The molecule has 0 spiro atoms. The Balaban J connectivity index is 1.72. The highest BCUT2D eigenvalue weighted by Crippen LogP contribution is 2.54. The van der Waals surface area contributed by atoms with E-state index < -0.39 is 0 Å². The van der Waals surface area contributed by atoms with Crippen LogP contribution in [0, 0.1) is 5.92 Å². The topological polar surface area (TPSA) is 20.2 Å². The summed E-state index contributed by atoms with van der Waals surface area (Å²) in [7, 11) is 0. The lowest BCUT2D eigenvalue weighted by molar-refractivity contribution is 0.151. The maximum absolute atomic E-state index is 10.3. The van der Waals surface area contributed by atoms with Crippen molar-refractivity contribution in [3.8, 4) is 0 Å². The summed E-state index contributed by atoms with van der Waals surface area (Å²) in [5, 5.41) is 11.1. The molecule has 3 atom stereocenters. The van der Waals surface area contributed by atoms with Gasteiger partial charge in [0.2, 0.25) is 0 Å². The van der Waals surface area contributed by atoms with Crippen LogP contribution in [0.5, 0.6) is 0 Å². The fraction of sp³-hybridized carbons (Fsp3) is 0.250. The minimum atomic E-state index is -0.355. The second-order valence-electron chi connectivity index (χ2n) is 4.91. The van der Waals surface area contributed by atoms with Crippen LogP contribution in [-0.2, 0) is 0 Å². The van der Waals surface area contributed by atoms with Gasteiger partial charge in [0.25, 0.3) is 0 Å². The Bertz CT molecular complexity index is 521. The Labute approximate surface area is 112 Å². The molecular formula is C16H15ClO. The van der Waals surface area contributed by atoms with Gasteiger partial charge in [-0.2, -0.15) is 0 Å². The number of hydrogen-bond donors (Lipinski definition) is 1. The van der Waals surface area contributed by atoms with Crippen LogP contribution in [-0.4, -0.2) is 5.11 Å². The van der Waals surface area contributed by atoms with Crippen LogP contribution in [0.1, 0.15) is 29.6 Å². The summed E-state index contributed by atoms with van der Waals surface area (Å²) in [5.74, 6) is 0.811. The molecule has 0 saturated heterocycles. The van der Waals surface area contributed by atoms with E-state index in [4.69, 9.17) is 11.6 Å². The van der Waals surface area contributed by atoms with Crippen molar-refractivity contribution in [2.75, 3.05) is 0 Å². The zero-order valence-corrected chi connectivity index (χ0v) is 10.7. The Kier molecular flexibility index (Phi) is 3.11. The first-order valence-electron chi connectivity index (χ1n) is 6.24. The standard InChI is InChI=1S/C16H15ClO/c17-13-8-6-11(7-9-13)14-10-15(14)16(18)12-4-2-1-3-5-12/h1-9,14-16,18H,10H2. The molecule has 0 bridgehead atoms. The second kappa shape index (κ2) is 4.75. The van der Waals surface area contributed by atoms with E-state index in [0.29, 0.717) is 11.8 Å². The minimum absolute atomic E-state index is 0.341. The first kappa shape index (κ1) is 11.8. The largest absolute Gasteiger partial charge is 0.388 e. The molecule has 3 rings (SSSR count). The maximum atomic E-state index is 10.3. The molecule has 18 heavy (non-hydrogen) atoms. The number of benzene rings is 2. The number of hydrogen-bond acceptors (Lipinski definition) is 1. The number of aliphatic hydroxyl groups excluding tert-OH is 1. The third-order valence-corrected chi connectivity index (χ3v) is 3.94. The fourth-order valence-corrected chi connectivity index (χ4v) is 2.68. The molecule has 2 aromatic carbocycles. The normalized spacial score (nSPS) is 23.7. The smallest absolute Gasteiger partial charge is 0.0824 e. The van der Waals surface area contributed by atoms with Crippen LogP contribution in [0.3, 0.4) is 0 Å². The molecular weight excluding hydrogens is 244 g/mol. The molecule has 1 saturated carbocycles. The molecule has 92 valence electrons. The summed E-state index contributed by atoms with van der Waals surface area (Å²) in [6.07, 6.45) is 0.699. The van der Waals surface area contributed by atoms with E-state index in [0.717, 1.165) is 17.0 Å². The minimum Gasteiger partial charge on any atom is -0.388 e. The van der Waals surface area contributed by atoms with Crippen molar-refractivity contribution < 1.29 is 5.11 Å².